The molecule has 0 aromatic rings. The average Bonchev–Trinajstić information content (AvgIpc) is 2.69. The molecule has 0 radical (unpaired) electrons. The highest BCUT2D eigenvalue weighted by molar-refractivity contribution is 4.92. The molecule has 2 fully saturated rings. The summed E-state index contributed by atoms with van der Waals surface area (Å²) in [6.45, 7) is 0.962. The lowest BCUT2D eigenvalue weighted by molar-refractivity contribution is -0.315. The van der Waals surface area contributed by atoms with Crippen molar-refractivity contribution in [3.8, 4) is 0 Å². The first-order valence-corrected chi connectivity index (χ1v) is 6.34. The third kappa shape index (κ3) is 2.82. The molecule has 0 spiro atoms. The van der Waals surface area contributed by atoms with Crippen molar-refractivity contribution in [3.63, 3.8) is 0 Å². The summed E-state index contributed by atoms with van der Waals surface area (Å²) in [5, 5.41) is 57.4. The van der Waals surface area contributed by atoms with Crippen LogP contribution in [0.4, 0.5) is 0 Å². The lowest BCUT2D eigenvalue weighted by Gasteiger charge is -2.40. The highest BCUT2D eigenvalue weighted by atomic mass is 16.7. The first-order valence-electron chi connectivity index (χ1n) is 6.34. The van der Waals surface area contributed by atoms with Crippen molar-refractivity contribution in [1.29, 1.82) is 0 Å². The van der Waals surface area contributed by atoms with Gasteiger partial charge in [0.15, 0.2) is 12.6 Å². The van der Waals surface area contributed by atoms with Crippen molar-refractivity contribution >= 4 is 0 Å². The Balaban J connectivity index is 2.04. The van der Waals surface area contributed by atoms with E-state index in [0.717, 1.165) is 0 Å². The SMILES string of the molecule is C[C@@H]1O[C@@H](O)[C@H](O)[C@H](O[C@@H]2O[C@H](CO)[C@@H](O)[C@H]2O)[C@H]1O. The zero-order valence-corrected chi connectivity index (χ0v) is 10.8. The maximum atomic E-state index is 9.89. The van der Waals surface area contributed by atoms with E-state index < -0.39 is 61.9 Å². The van der Waals surface area contributed by atoms with Gasteiger partial charge in [0.05, 0.1) is 12.7 Å². The van der Waals surface area contributed by atoms with Crippen LogP contribution in [0.3, 0.4) is 0 Å². The van der Waals surface area contributed by atoms with Crippen LogP contribution in [0.5, 0.6) is 0 Å². The van der Waals surface area contributed by atoms with Crippen molar-refractivity contribution in [2.75, 3.05) is 6.61 Å². The molecule has 0 bridgehead atoms. The van der Waals surface area contributed by atoms with Gasteiger partial charge in [-0.05, 0) is 6.92 Å². The van der Waals surface area contributed by atoms with Crippen molar-refractivity contribution in [3.05, 3.63) is 0 Å². The van der Waals surface area contributed by atoms with Gasteiger partial charge in [-0.3, -0.25) is 0 Å². The molecule has 0 saturated carbocycles. The van der Waals surface area contributed by atoms with Crippen molar-refractivity contribution < 1.29 is 44.8 Å². The summed E-state index contributed by atoms with van der Waals surface area (Å²) in [6, 6.07) is 0. The Labute approximate surface area is 114 Å². The third-order valence-corrected chi connectivity index (χ3v) is 3.59. The molecule has 20 heavy (non-hydrogen) atoms. The van der Waals surface area contributed by atoms with Gasteiger partial charge in [-0.15, -0.1) is 0 Å². The van der Waals surface area contributed by atoms with Gasteiger partial charge in [-0.2, -0.15) is 0 Å². The molecule has 2 heterocycles. The molecular weight excluding hydrogens is 276 g/mol. The number of aliphatic hydroxyl groups excluding tert-OH is 6. The molecule has 2 saturated heterocycles. The Hall–Kier alpha value is -0.360. The molecule has 0 aliphatic carbocycles. The number of ether oxygens (including phenoxy) is 3. The van der Waals surface area contributed by atoms with Gasteiger partial charge in [0, 0.05) is 0 Å². The highest BCUT2D eigenvalue weighted by Gasteiger charge is 2.49. The van der Waals surface area contributed by atoms with Crippen LogP contribution in [0.1, 0.15) is 6.92 Å². The standard InChI is InChI=1S/C11H20O9/c1-3-5(13)9(8(16)10(17)18-3)20-11-7(15)6(14)4(2-12)19-11/h3-17H,2H2,1H3/t3-,4+,5-,6+,7+,8+,9+,10+,11-/m0/s1. The fourth-order valence-corrected chi connectivity index (χ4v) is 2.31. The largest absolute Gasteiger partial charge is 0.394 e. The number of rotatable bonds is 3. The van der Waals surface area contributed by atoms with Gasteiger partial charge < -0.3 is 44.8 Å². The summed E-state index contributed by atoms with van der Waals surface area (Å²) in [5.74, 6) is 0. The normalized spacial score (nSPS) is 53.2. The molecule has 0 unspecified atom stereocenters. The van der Waals surface area contributed by atoms with Gasteiger partial charge in [-0.1, -0.05) is 0 Å². The molecule has 9 heteroatoms. The van der Waals surface area contributed by atoms with Crippen LogP contribution >= 0.6 is 0 Å². The van der Waals surface area contributed by atoms with E-state index in [9.17, 15) is 25.5 Å². The minimum atomic E-state index is -1.55. The smallest absolute Gasteiger partial charge is 0.187 e. The van der Waals surface area contributed by atoms with Crippen molar-refractivity contribution in [1.82, 2.24) is 0 Å². The average molecular weight is 296 g/mol. The number of hydrogen-bond acceptors (Lipinski definition) is 9. The second-order valence-electron chi connectivity index (χ2n) is 5.02. The number of hydrogen-bond donors (Lipinski definition) is 6. The van der Waals surface area contributed by atoms with Crippen molar-refractivity contribution in [2.24, 2.45) is 0 Å². The van der Waals surface area contributed by atoms with E-state index in [1.807, 2.05) is 0 Å². The predicted octanol–water partition coefficient (Wildman–Crippen LogP) is -3.73. The topological polar surface area (TPSA) is 149 Å². The Morgan fingerprint density at radius 1 is 0.900 bits per heavy atom. The summed E-state index contributed by atoms with van der Waals surface area (Å²) < 4.78 is 15.2. The van der Waals surface area contributed by atoms with E-state index in [1.54, 1.807) is 0 Å². The monoisotopic (exact) mass is 296 g/mol. The van der Waals surface area contributed by atoms with Crippen LogP contribution in [0.15, 0.2) is 0 Å². The molecule has 2 aliphatic heterocycles. The lowest BCUT2D eigenvalue weighted by Crippen LogP contribution is -2.59. The molecule has 0 amide bonds. The van der Waals surface area contributed by atoms with Crippen LogP contribution in [0, 0.1) is 0 Å². The van der Waals surface area contributed by atoms with Gasteiger partial charge in [0.2, 0.25) is 0 Å². The predicted molar refractivity (Wildman–Crippen MR) is 61.2 cm³/mol. The maximum Gasteiger partial charge on any atom is 0.187 e. The van der Waals surface area contributed by atoms with Crippen LogP contribution in [0.2, 0.25) is 0 Å². The van der Waals surface area contributed by atoms with Crippen LogP contribution in [-0.4, -0.2) is 92.6 Å². The molecule has 118 valence electrons. The second kappa shape index (κ2) is 6.18. The van der Waals surface area contributed by atoms with E-state index in [2.05, 4.69) is 0 Å². The molecular formula is C11H20O9. The van der Waals surface area contributed by atoms with Crippen LogP contribution in [-0.2, 0) is 14.2 Å². The Morgan fingerprint density at radius 2 is 1.55 bits per heavy atom. The quantitative estimate of drug-likeness (QED) is 0.309. The van der Waals surface area contributed by atoms with Gasteiger partial charge in [-0.25, -0.2) is 0 Å². The Bertz CT molecular complexity index is 313. The summed E-state index contributed by atoms with van der Waals surface area (Å²) in [4.78, 5) is 0. The highest BCUT2D eigenvalue weighted by Crippen LogP contribution is 2.28. The van der Waals surface area contributed by atoms with Crippen LogP contribution in [0.25, 0.3) is 0 Å². The third-order valence-electron chi connectivity index (χ3n) is 3.59. The number of aliphatic hydroxyl groups is 6. The molecule has 9 atom stereocenters. The zero-order chi connectivity index (χ0) is 15.0. The minimum absolute atomic E-state index is 0.518. The van der Waals surface area contributed by atoms with E-state index in [0.29, 0.717) is 0 Å². The first kappa shape index (κ1) is 16.0. The fraction of sp³-hybridized carbons (Fsp3) is 1.00. The van der Waals surface area contributed by atoms with E-state index in [4.69, 9.17) is 19.3 Å². The van der Waals surface area contributed by atoms with E-state index in [1.165, 1.54) is 6.92 Å². The molecule has 2 aliphatic rings. The summed E-state index contributed by atoms with van der Waals surface area (Å²) in [6.07, 6.45) is -11.6. The zero-order valence-electron chi connectivity index (χ0n) is 10.8. The van der Waals surface area contributed by atoms with E-state index in [-0.39, 0.29) is 0 Å². The van der Waals surface area contributed by atoms with Gasteiger partial charge in [0.1, 0.15) is 36.6 Å². The van der Waals surface area contributed by atoms with Gasteiger partial charge in [0.25, 0.3) is 0 Å². The second-order valence-corrected chi connectivity index (χ2v) is 5.02. The summed E-state index contributed by atoms with van der Waals surface area (Å²) in [7, 11) is 0. The molecule has 2 rings (SSSR count). The molecule has 9 nitrogen and oxygen atoms in total. The molecule has 0 aromatic heterocycles. The minimum Gasteiger partial charge on any atom is -0.394 e. The van der Waals surface area contributed by atoms with E-state index >= 15 is 0 Å². The summed E-state index contributed by atoms with van der Waals surface area (Å²) >= 11 is 0. The van der Waals surface area contributed by atoms with Crippen molar-refractivity contribution in [2.45, 2.75) is 62.2 Å². The molecule has 0 aromatic carbocycles. The summed E-state index contributed by atoms with van der Waals surface area (Å²) in [5.41, 5.74) is 0. The van der Waals surface area contributed by atoms with Gasteiger partial charge >= 0.3 is 0 Å². The molecule has 6 N–H and O–H groups in total. The first-order chi connectivity index (χ1) is 9.36. The maximum absolute atomic E-state index is 9.89. The van der Waals surface area contributed by atoms with Crippen LogP contribution < -0.4 is 0 Å². The Morgan fingerprint density at radius 3 is 2.10 bits per heavy atom. The lowest BCUT2D eigenvalue weighted by atomic mass is 9.99. The fourth-order valence-electron chi connectivity index (χ4n) is 2.31. The Kier molecular flexibility index (Phi) is 4.95.